The van der Waals surface area contributed by atoms with Crippen LogP contribution in [0.3, 0.4) is 0 Å². The lowest BCUT2D eigenvalue weighted by Crippen LogP contribution is -2.17. The fourth-order valence-corrected chi connectivity index (χ4v) is 5.07. The van der Waals surface area contributed by atoms with Crippen LogP contribution in [0.4, 0.5) is 0 Å². The number of ether oxygens (including phenoxy) is 3. The topological polar surface area (TPSA) is 69.2 Å². The summed E-state index contributed by atoms with van der Waals surface area (Å²) in [7, 11) is 1.51. The van der Waals surface area contributed by atoms with Gasteiger partial charge >= 0.3 is 0 Å². The van der Waals surface area contributed by atoms with E-state index >= 15 is 0 Å². The summed E-state index contributed by atoms with van der Waals surface area (Å²) >= 11 is 7.09. The van der Waals surface area contributed by atoms with Crippen molar-refractivity contribution in [1.29, 1.82) is 0 Å². The lowest BCUT2D eigenvalue weighted by atomic mass is 10.1. The molecule has 0 heterocycles. The van der Waals surface area contributed by atoms with E-state index in [1.807, 2.05) is 36.4 Å². The SMILES string of the molecule is C=CCOc1ccc(C(=O)N/N=C/c2cc(Br)cc(Br)c2OCc2cccc3ccccc23)cc1OC. The number of amides is 1. The number of hydrazone groups is 1. The fourth-order valence-electron chi connectivity index (χ4n) is 3.70. The van der Waals surface area contributed by atoms with Crippen LogP contribution in [0, 0.1) is 0 Å². The van der Waals surface area contributed by atoms with Crippen molar-refractivity contribution < 1.29 is 19.0 Å². The van der Waals surface area contributed by atoms with Gasteiger partial charge in [-0.25, -0.2) is 5.43 Å². The van der Waals surface area contributed by atoms with Crippen molar-refractivity contribution in [1.82, 2.24) is 5.43 Å². The number of nitrogens with one attached hydrogen (secondary N) is 1. The van der Waals surface area contributed by atoms with Gasteiger partial charge in [-0.2, -0.15) is 5.10 Å². The number of carbonyl (C=O) groups is 1. The van der Waals surface area contributed by atoms with E-state index in [2.05, 4.69) is 67.2 Å². The third-order valence-electron chi connectivity index (χ3n) is 5.44. The number of methoxy groups -OCH3 is 1. The minimum atomic E-state index is -0.392. The first-order valence-corrected chi connectivity index (χ1v) is 12.9. The Bertz CT molecular complexity index is 1460. The number of hydrogen-bond acceptors (Lipinski definition) is 5. The van der Waals surface area contributed by atoms with Crippen LogP contribution in [-0.4, -0.2) is 25.8 Å². The van der Waals surface area contributed by atoms with Crippen LogP contribution in [0.2, 0.25) is 0 Å². The van der Waals surface area contributed by atoms with E-state index < -0.39 is 5.91 Å². The fraction of sp³-hybridized carbons (Fsp3) is 0.103. The molecular formula is C29H24Br2N2O4. The van der Waals surface area contributed by atoms with Gasteiger partial charge in [-0.3, -0.25) is 4.79 Å². The van der Waals surface area contributed by atoms with E-state index in [4.69, 9.17) is 14.2 Å². The Morgan fingerprint density at radius 2 is 1.81 bits per heavy atom. The molecule has 0 atom stereocenters. The number of carbonyl (C=O) groups excluding carboxylic acids is 1. The number of fused-ring (bicyclic) bond motifs is 1. The number of nitrogens with zero attached hydrogens (tertiary/aromatic N) is 1. The van der Waals surface area contributed by atoms with Crippen LogP contribution >= 0.6 is 31.9 Å². The van der Waals surface area contributed by atoms with Gasteiger partial charge in [0, 0.05) is 15.6 Å². The second-order valence-corrected chi connectivity index (χ2v) is 9.67. The Balaban J connectivity index is 1.50. The number of hydrogen-bond donors (Lipinski definition) is 1. The van der Waals surface area contributed by atoms with Gasteiger partial charge in [0.15, 0.2) is 11.5 Å². The number of benzene rings is 4. The molecule has 8 heteroatoms. The van der Waals surface area contributed by atoms with E-state index in [1.165, 1.54) is 7.11 Å². The van der Waals surface area contributed by atoms with Crippen molar-refractivity contribution >= 4 is 54.8 Å². The van der Waals surface area contributed by atoms with Crippen molar-refractivity contribution in [3.05, 3.63) is 111 Å². The molecule has 1 amide bonds. The maximum atomic E-state index is 12.7. The molecule has 0 saturated carbocycles. The van der Waals surface area contributed by atoms with E-state index in [1.54, 1.807) is 30.5 Å². The molecule has 0 aromatic heterocycles. The lowest BCUT2D eigenvalue weighted by Gasteiger charge is -2.13. The molecule has 0 aliphatic heterocycles. The monoisotopic (exact) mass is 622 g/mol. The summed E-state index contributed by atoms with van der Waals surface area (Å²) in [6.45, 7) is 4.33. The molecular weight excluding hydrogens is 600 g/mol. The van der Waals surface area contributed by atoms with Gasteiger partial charge in [-0.1, -0.05) is 71.0 Å². The average Bonchev–Trinajstić information content (AvgIpc) is 2.91. The normalized spacial score (nSPS) is 10.9. The summed E-state index contributed by atoms with van der Waals surface area (Å²) in [5.41, 5.74) is 4.69. The summed E-state index contributed by atoms with van der Waals surface area (Å²) in [6, 6.07) is 23.0. The molecule has 0 fully saturated rings. The van der Waals surface area contributed by atoms with Gasteiger partial charge in [0.25, 0.3) is 5.91 Å². The van der Waals surface area contributed by atoms with Crippen LogP contribution in [-0.2, 0) is 6.61 Å². The van der Waals surface area contributed by atoms with Crippen LogP contribution < -0.4 is 19.6 Å². The first kappa shape index (κ1) is 26.4. The molecule has 4 aromatic carbocycles. The predicted octanol–water partition coefficient (Wildman–Crippen LogP) is 7.28. The van der Waals surface area contributed by atoms with Gasteiger partial charge in [0.05, 0.1) is 17.8 Å². The van der Waals surface area contributed by atoms with Crippen LogP contribution in [0.1, 0.15) is 21.5 Å². The molecule has 4 rings (SSSR count). The summed E-state index contributed by atoms with van der Waals surface area (Å²) in [6.07, 6.45) is 3.18. The minimum absolute atomic E-state index is 0.333. The highest BCUT2D eigenvalue weighted by Gasteiger charge is 2.13. The summed E-state index contributed by atoms with van der Waals surface area (Å²) in [5.74, 6) is 1.18. The second kappa shape index (κ2) is 12.6. The van der Waals surface area contributed by atoms with Crippen LogP contribution in [0.15, 0.2) is 99.5 Å². The van der Waals surface area contributed by atoms with Crippen LogP contribution in [0.25, 0.3) is 10.8 Å². The molecule has 0 aliphatic carbocycles. The van der Waals surface area contributed by atoms with Gasteiger partial charge < -0.3 is 14.2 Å². The maximum Gasteiger partial charge on any atom is 0.271 e. The molecule has 0 bridgehead atoms. The smallest absolute Gasteiger partial charge is 0.271 e. The second-order valence-electron chi connectivity index (χ2n) is 7.90. The van der Waals surface area contributed by atoms with Crippen molar-refractivity contribution in [2.24, 2.45) is 5.10 Å². The zero-order chi connectivity index (χ0) is 26.2. The highest BCUT2D eigenvalue weighted by Crippen LogP contribution is 2.33. The maximum absolute atomic E-state index is 12.7. The molecule has 0 unspecified atom stereocenters. The van der Waals surface area contributed by atoms with Crippen molar-refractivity contribution in [3.8, 4) is 17.2 Å². The average molecular weight is 624 g/mol. The molecule has 6 nitrogen and oxygen atoms in total. The van der Waals surface area contributed by atoms with Crippen molar-refractivity contribution in [2.45, 2.75) is 6.61 Å². The first-order valence-electron chi connectivity index (χ1n) is 11.3. The molecule has 4 aromatic rings. The Kier molecular flexibility index (Phi) is 8.98. The third-order valence-corrected chi connectivity index (χ3v) is 6.49. The summed E-state index contributed by atoms with van der Waals surface area (Å²) in [5, 5.41) is 6.45. The van der Waals surface area contributed by atoms with Gasteiger partial charge in [0.2, 0.25) is 0 Å². The molecule has 0 aliphatic rings. The van der Waals surface area contributed by atoms with Crippen molar-refractivity contribution in [2.75, 3.05) is 13.7 Å². The zero-order valence-electron chi connectivity index (χ0n) is 20.0. The Labute approximate surface area is 232 Å². The highest BCUT2D eigenvalue weighted by atomic mass is 79.9. The van der Waals surface area contributed by atoms with Crippen LogP contribution in [0.5, 0.6) is 17.2 Å². The van der Waals surface area contributed by atoms with Crippen molar-refractivity contribution in [3.63, 3.8) is 0 Å². The number of halogens is 2. The molecule has 0 radical (unpaired) electrons. The van der Waals surface area contributed by atoms with Gasteiger partial charge in [-0.05, 0) is 62.6 Å². The minimum Gasteiger partial charge on any atom is -0.493 e. The Morgan fingerprint density at radius 1 is 1.00 bits per heavy atom. The summed E-state index contributed by atoms with van der Waals surface area (Å²) in [4.78, 5) is 12.7. The largest absolute Gasteiger partial charge is 0.493 e. The molecule has 37 heavy (non-hydrogen) atoms. The molecule has 1 N–H and O–H groups in total. The predicted molar refractivity (Wildman–Crippen MR) is 154 cm³/mol. The quantitative estimate of drug-likeness (QED) is 0.114. The van der Waals surface area contributed by atoms with E-state index in [0.717, 1.165) is 25.3 Å². The Morgan fingerprint density at radius 3 is 2.62 bits per heavy atom. The molecule has 0 spiro atoms. The van der Waals surface area contributed by atoms with E-state index in [9.17, 15) is 4.79 Å². The third kappa shape index (κ3) is 6.58. The van der Waals surface area contributed by atoms with E-state index in [-0.39, 0.29) is 0 Å². The van der Waals surface area contributed by atoms with Gasteiger partial charge in [0.1, 0.15) is 19.0 Å². The zero-order valence-corrected chi connectivity index (χ0v) is 23.2. The molecule has 188 valence electrons. The standard InChI is InChI=1S/C29H24Br2N2O4/c1-3-13-36-26-12-11-20(15-27(26)35-2)29(34)33-32-17-22-14-23(30)16-25(31)28(22)37-18-21-9-6-8-19-7-4-5-10-24(19)21/h3-12,14-17H,1,13,18H2,2H3,(H,33,34)/b32-17+. The lowest BCUT2D eigenvalue weighted by molar-refractivity contribution is 0.0954. The van der Waals surface area contributed by atoms with E-state index in [0.29, 0.717) is 41.6 Å². The van der Waals surface area contributed by atoms with Gasteiger partial charge in [-0.15, -0.1) is 0 Å². The first-order chi connectivity index (χ1) is 18.0. The Hall–Kier alpha value is -3.62. The highest BCUT2D eigenvalue weighted by molar-refractivity contribution is 9.11. The molecule has 0 saturated heterocycles. The number of rotatable bonds is 10. The summed E-state index contributed by atoms with van der Waals surface area (Å²) < 4.78 is 18.7.